The molecule has 1 aromatic carbocycles. The van der Waals surface area contributed by atoms with E-state index in [1.807, 2.05) is 30.3 Å². The highest BCUT2D eigenvalue weighted by Crippen LogP contribution is 2.13. The van der Waals surface area contributed by atoms with Crippen LogP contribution in [0, 0.1) is 5.92 Å². The van der Waals surface area contributed by atoms with E-state index in [0.29, 0.717) is 25.8 Å². The number of aromatic amines is 1. The first-order valence-corrected chi connectivity index (χ1v) is 12.0. The molecule has 2 unspecified atom stereocenters. The maximum Gasteiger partial charge on any atom is 0.408 e. The Balaban J connectivity index is 1.60. The summed E-state index contributed by atoms with van der Waals surface area (Å²) in [6, 6.07) is 7.28. The fraction of sp³-hybridized carbons (Fsp3) is 0.480. The molecular formula is C25H33N5O5. The normalized spacial score (nSPS) is 17.9. The SMILES string of the molecule is CC(C)C(NC(=O)OCc1ccccc1)C(=O)NC1CCCCc2[nH]ncc2CCNC(=O)C1=O. The van der Waals surface area contributed by atoms with E-state index in [-0.39, 0.29) is 12.5 Å². The van der Waals surface area contributed by atoms with Gasteiger partial charge in [0.15, 0.2) is 0 Å². The fourth-order valence-corrected chi connectivity index (χ4v) is 3.93. The maximum absolute atomic E-state index is 13.0. The predicted molar refractivity (Wildman–Crippen MR) is 128 cm³/mol. The topological polar surface area (TPSA) is 142 Å². The van der Waals surface area contributed by atoms with Crippen molar-refractivity contribution in [1.82, 2.24) is 26.1 Å². The number of hydrogen-bond acceptors (Lipinski definition) is 6. The number of Topliss-reactive ketones (excluding diaryl/α,β-unsaturated/α-hetero) is 1. The number of ketones is 1. The van der Waals surface area contributed by atoms with Crippen LogP contribution in [0.15, 0.2) is 36.5 Å². The van der Waals surface area contributed by atoms with Gasteiger partial charge in [0.25, 0.3) is 5.91 Å². The van der Waals surface area contributed by atoms with Crippen molar-refractivity contribution in [3.8, 4) is 0 Å². The van der Waals surface area contributed by atoms with E-state index < -0.39 is 35.8 Å². The lowest BCUT2D eigenvalue weighted by Crippen LogP contribution is -2.55. The van der Waals surface area contributed by atoms with Crippen LogP contribution < -0.4 is 16.0 Å². The van der Waals surface area contributed by atoms with Crippen LogP contribution in [0.5, 0.6) is 0 Å². The molecule has 2 heterocycles. The van der Waals surface area contributed by atoms with Crippen molar-refractivity contribution in [3.05, 3.63) is 53.3 Å². The van der Waals surface area contributed by atoms with Crippen LogP contribution in [0.3, 0.4) is 0 Å². The molecule has 3 rings (SSSR count). The number of hydrogen-bond donors (Lipinski definition) is 4. The summed E-state index contributed by atoms with van der Waals surface area (Å²) in [5, 5.41) is 15.0. The van der Waals surface area contributed by atoms with Gasteiger partial charge in [-0.1, -0.05) is 50.6 Å². The van der Waals surface area contributed by atoms with Gasteiger partial charge >= 0.3 is 6.09 Å². The molecule has 2 aromatic rings. The van der Waals surface area contributed by atoms with Crippen LogP contribution in [0.4, 0.5) is 4.79 Å². The van der Waals surface area contributed by atoms with E-state index in [2.05, 4.69) is 26.1 Å². The van der Waals surface area contributed by atoms with Crippen molar-refractivity contribution in [2.45, 2.75) is 64.6 Å². The van der Waals surface area contributed by atoms with Gasteiger partial charge in [-0.25, -0.2) is 4.79 Å². The van der Waals surface area contributed by atoms with Crippen LogP contribution in [-0.4, -0.2) is 52.5 Å². The summed E-state index contributed by atoms with van der Waals surface area (Å²) in [5.74, 6) is -2.24. The number of rotatable bonds is 6. The Morgan fingerprint density at radius 3 is 2.66 bits per heavy atom. The van der Waals surface area contributed by atoms with Crippen molar-refractivity contribution in [3.63, 3.8) is 0 Å². The lowest BCUT2D eigenvalue weighted by Gasteiger charge is -2.25. The summed E-state index contributed by atoms with van der Waals surface area (Å²) in [6.07, 6.45) is 4.04. The number of fused-ring (bicyclic) bond motifs is 1. The van der Waals surface area contributed by atoms with Crippen molar-refractivity contribution in [1.29, 1.82) is 0 Å². The Morgan fingerprint density at radius 2 is 1.91 bits per heavy atom. The Hall–Kier alpha value is -3.69. The van der Waals surface area contributed by atoms with E-state index in [0.717, 1.165) is 29.7 Å². The highest BCUT2D eigenvalue weighted by atomic mass is 16.5. The second kappa shape index (κ2) is 12.7. The zero-order valence-electron chi connectivity index (χ0n) is 20.1. The van der Waals surface area contributed by atoms with Crippen LogP contribution in [0.2, 0.25) is 0 Å². The Bertz CT molecular complexity index is 1020. The molecule has 0 saturated heterocycles. The summed E-state index contributed by atoms with van der Waals surface area (Å²) in [5.41, 5.74) is 2.86. The minimum absolute atomic E-state index is 0.0679. The van der Waals surface area contributed by atoms with Crippen molar-refractivity contribution < 1.29 is 23.9 Å². The Kier molecular flexibility index (Phi) is 9.39. The Labute approximate surface area is 204 Å². The van der Waals surface area contributed by atoms with Crippen molar-refractivity contribution in [2.75, 3.05) is 6.54 Å². The number of benzene rings is 1. The average molecular weight is 484 g/mol. The van der Waals surface area contributed by atoms with Gasteiger partial charge in [0.2, 0.25) is 11.7 Å². The van der Waals surface area contributed by atoms with Gasteiger partial charge in [-0.15, -0.1) is 0 Å². The molecule has 0 aliphatic carbocycles. The molecule has 0 bridgehead atoms. The van der Waals surface area contributed by atoms with Crippen molar-refractivity contribution in [2.24, 2.45) is 5.92 Å². The number of aromatic nitrogens is 2. The van der Waals surface area contributed by atoms with Gasteiger partial charge in [-0.2, -0.15) is 5.10 Å². The van der Waals surface area contributed by atoms with Gasteiger partial charge in [0.05, 0.1) is 12.2 Å². The number of carbonyl (C=O) groups is 4. The predicted octanol–water partition coefficient (Wildman–Crippen LogP) is 1.80. The van der Waals surface area contributed by atoms with Gasteiger partial charge < -0.3 is 20.7 Å². The first-order valence-electron chi connectivity index (χ1n) is 12.0. The largest absolute Gasteiger partial charge is 0.445 e. The summed E-state index contributed by atoms with van der Waals surface area (Å²) < 4.78 is 5.23. The summed E-state index contributed by atoms with van der Waals surface area (Å²) in [7, 11) is 0. The third kappa shape index (κ3) is 7.66. The quantitative estimate of drug-likeness (QED) is 0.462. The molecule has 188 valence electrons. The molecule has 0 radical (unpaired) electrons. The summed E-state index contributed by atoms with van der Waals surface area (Å²) in [4.78, 5) is 50.6. The number of amides is 3. The highest BCUT2D eigenvalue weighted by molar-refractivity contribution is 6.38. The maximum atomic E-state index is 13.0. The van der Waals surface area contributed by atoms with Crippen LogP contribution >= 0.6 is 0 Å². The number of nitrogens with zero attached hydrogens (tertiary/aromatic N) is 1. The average Bonchev–Trinajstić information content (AvgIpc) is 3.29. The first-order chi connectivity index (χ1) is 16.8. The molecule has 2 atom stereocenters. The smallest absolute Gasteiger partial charge is 0.408 e. The zero-order chi connectivity index (χ0) is 25.2. The summed E-state index contributed by atoms with van der Waals surface area (Å²) in [6.45, 7) is 3.91. The molecule has 10 heteroatoms. The fourth-order valence-electron chi connectivity index (χ4n) is 3.93. The third-order valence-electron chi connectivity index (χ3n) is 5.95. The molecule has 1 aliphatic heterocycles. The van der Waals surface area contributed by atoms with Crippen molar-refractivity contribution >= 4 is 23.7 Å². The number of nitrogens with one attached hydrogen (secondary N) is 4. The van der Waals surface area contributed by atoms with E-state index in [9.17, 15) is 19.2 Å². The second-order valence-electron chi connectivity index (χ2n) is 8.98. The molecule has 10 nitrogen and oxygen atoms in total. The highest BCUT2D eigenvalue weighted by Gasteiger charge is 2.31. The number of H-pyrrole nitrogens is 1. The molecular weight excluding hydrogens is 450 g/mol. The molecule has 35 heavy (non-hydrogen) atoms. The molecule has 1 aromatic heterocycles. The van der Waals surface area contributed by atoms with Gasteiger partial charge in [0.1, 0.15) is 12.6 Å². The van der Waals surface area contributed by atoms with E-state index in [1.54, 1.807) is 20.0 Å². The van der Waals surface area contributed by atoms with Crippen LogP contribution in [-0.2, 0) is 38.6 Å². The van der Waals surface area contributed by atoms with Gasteiger partial charge in [-0.3, -0.25) is 19.5 Å². The standard InChI is InChI=1S/C25H33N5O5/c1-16(2)21(29-25(34)35-15-17-8-4-3-5-9-17)23(32)28-20-11-7-6-10-19-18(14-27-30-19)12-13-26-24(33)22(20)31/h3-5,8-9,14,16,20-21H,6-7,10-13,15H2,1-2H3,(H,26,33)(H,27,30)(H,28,32)(H,29,34). The van der Waals surface area contributed by atoms with Crippen LogP contribution in [0.25, 0.3) is 0 Å². The van der Waals surface area contributed by atoms with Gasteiger partial charge in [-0.05, 0) is 42.7 Å². The molecule has 0 fully saturated rings. The molecule has 4 N–H and O–H groups in total. The molecule has 0 spiro atoms. The summed E-state index contributed by atoms with van der Waals surface area (Å²) >= 11 is 0. The number of alkyl carbamates (subject to hydrolysis) is 1. The lowest BCUT2D eigenvalue weighted by molar-refractivity contribution is -0.140. The van der Waals surface area contributed by atoms with E-state index in [1.165, 1.54) is 0 Å². The molecule has 1 aliphatic rings. The monoisotopic (exact) mass is 483 g/mol. The van der Waals surface area contributed by atoms with E-state index in [4.69, 9.17) is 4.74 Å². The Morgan fingerprint density at radius 1 is 1.14 bits per heavy atom. The minimum Gasteiger partial charge on any atom is -0.445 e. The number of aryl methyl sites for hydroxylation is 1. The molecule has 0 saturated carbocycles. The lowest BCUT2D eigenvalue weighted by atomic mass is 9.98. The zero-order valence-corrected chi connectivity index (χ0v) is 20.1. The molecule has 3 amide bonds. The number of ether oxygens (including phenoxy) is 1. The minimum atomic E-state index is -0.980. The van der Waals surface area contributed by atoms with E-state index >= 15 is 0 Å². The van der Waals surface area contributed by atoms with Gasteiger partial charge in [0, 0.05) is 12.2 Å². The second-order valence-corrected chi connectivity index (χ2v) is 8.98. The first kappa shape index (κ1) is 25.9. The van der Waals surface area contributed by atoms with Crippen LogP contribution in [0.1, 0.15) is 49.9 Å². The third-order valence-corrected chi connectivity index (χ3v) is 5.95. The number of carbonyl (C=O) groups excluding carboxylic acids is 4.